The van der Waals surface area contributed by atoms with E-state index >= 15 is 0 Å². The van der Waals surface area contributed by atoms with Crippen LogP contribution in [0.1, 0.15) is 25.0 Å². The maximum absolute atomic E-state index is 5.48. The smallest absolute Gasteiger partial charge is 0.0984 e. The van der Waals surface area contributed by atoms with E-state index in [-0.39, 0.29) is 10.8 Å². The van der Waals surface area contributed by atoms with Crippen molar-refractivity contribution in [2.45, 2.75) is 13.8 Å². The van der Waals surface area contributed by atoms with E-state index in [1.54, 1.807) is 0 Å². The van der Waals surface area contributed by atoms with Crippen molar-refractivity contribution in [1.29, 1.82) is 0 Å². The van der Waals surface area contributed by atoms with Gasteiger partial charge in [0.2, 0.25) is 0 Å². The number of hydrogen-bond donors (Lipinski definition) is 0. The predicted molar refractivity (Wildman–Crippen MR) is 85.3 cm³/mol. The van der Waals surface area contributed by atoms with E-state index < -0.39 is 0 Å². The molecule has 1 aromatic rings. The second kappa shape index (κ2) is 3.30. The van der Waals surface area contributed by atoms with Crippen molar-refractivity contribution in [2.24, 2.45) is 10.8 Å². The molecule has 0 bridgehead atoms. The van der Waals surface area contributed by atoms with Crippen LogP contribution < -0.4 is 0 Å². The highest BCUT2D eigenvalue weighted by Gasteiger charge is 2.56. The predicted octanol–water partition coefficient (Wildman–Crippen LogP) is 5.08. The van der Waals surface area contributed by atoms with Crippen molar-refractivity contribution in [3.63, 3.8) is 0 Å². The van der Waals surface area contributed by atoms with Gasteiger partial charge in [-0.25, -0.2) is 0 Å². The molecule has 1 heterocycles. The monoisotopic (exact) mass is 272 g/mol. The first-order chi connectivity index (χ1) is 10.2. The van der Waals surface area contributed by atoms with Gasteiger partial charge in [-0.2, -0.15) is 0 Å². The average molecular weight is 272 g/mol. The lowest BCUT2D eigenvalue weighted by molar-refractivity contribution is 0.277. The van der Waals surface area contributed by atoms with Crippen molar-refractivity contribution in [2.75, 3.05) is 0 Å². The first-order valence-electron chi connectivity index (χ1n) is 7.44. The third-order valence-electron chi connectivity index (χ3n) is 5.99. The molecule has 1 nitrogen and oxygen atoms in total. The maximum atomic E-state index is 5.48. The fourth-order valence-electron chi connectivity index (χ4n) is 4.53. The molecule has 0 saturated carbocycles. The molecule has 0 saturated heterocycles. The molecule has 0 aliphatic heterocycles. The van der Waals surface area contributed by atoms with Gasteiger partial charge in [-0.3, -0.25) is 0 Å². The van der Waals surface area contributed by atoms with Gasteiger partial charge in [0.05, 0.1) is 12.5 Å². The van der Waals surface area contributed by atoms with Crippen LogP contribution >= 0.6 is 0 Å². The molecular weight excluding hydrogens is 256 g/mol. The molecule has 102 valence electrons. The maximum Gasteiger partial charge on any atom is 0.0984 e. The van der Waals surface area contributed by atoms with Crippen LogP contribution in [-0.2, 0) is 0 Å². The minimum absolute atomic E-state index is 0.00137. The van der Waals surface area contributed by atoms with Gasteiger partial charge >= 0.3 is 0 Å². The van der Waals surface area contributed by atoms with Crippen LogP contribution in [0.3, 0.4) is 0 Å². The number of hydrogen-bond acceptors (Lipinski definition) is 1. The summed E-state index contributed by atoms with van der Waals surface area (Å²) in [4.78, 5) is 0. The third-order valence-corrected chi connectivity index (χ3v) is 5.99. The summed E-state index contributed by atoms with van der Waals surface area (Å²) in [5.74, 6) is 0. The summed E-state index contributed by atoms with van der Waals surface area (Å²) < 4.78 is 5.48. The first-order valence-corrected chi connectivity index (χ1v) is 7.44. The Kier molecular flexibility index (Phi) is 1.79. The minimum Gasteiger partial charge on any atom is -0.471 e. The van der Waals surface area contributed by atoms with Crippen molar-refractivity contribution in [3.8, 4) is 0 Å². The number of allylic oxidation sites excluding steroid dienone is 11. The summed E-state index contributed by atoms with van der Waals surface area (Å²) in [7, 11) is 0. The van der Waals surface area contributed by atoms with Gasteiger partial charge in [0, 0.05) is 22.0 Å². The zero-order valence-corrected chi connectivity index (χ0v) is 12.2. The Morgan fingerprint density at radius 1 is 0.810 bits per heavy atom. The molecule has 0 N–H and O–H groups in total. The summed E-state index contributed by atoms with van der Waals surface area (Å²) in [6.07, 6.45) is 21.8. The summed E-state index contributed by atoms with van der Waals surface area (Å²) in [5, 5.41) is 0. The fourth-order valence-corrected chi connectivity index (χ4v) is 4.53. The van der Waals surface area contributed by atoms with Gasteiger partial charge in [0.15, 0.2) is 0 Å². The number of furan rings is 1. The van der Waals surface area contributed by atoms with E-state index in [0.29, 0.717) is 0 Å². The fraction of sp³-hybridized carbons (Fsp3) is 0.200. The summed E-state index contributed by atoms with van der Waals surface area (Å²) in [6, 6.07) is 0. The van der Waals surface area contributed by atoms with Crippen LogP contribution in [0.5, 0.6) is 0 Å². The summed E-state index contributed by atoms with van der Waals surface area (Å²) in [6.45, 7) is 4.76. The molecule has 0 radical (unpaired) electrons. The highest BCUT2D eigenvalue weighted by Crippen LogP contribution is 2.67. The van der Waals surface area contributed by atoms with Crippen LogP contribution in [0.4, 0.5) is 0 Å². The Bertz CT molecular complexity index is 865. The number of rotatable bonds is 0. The van der Waals surface area contributed by atoms with Crippen molar-refractivity contribution in [1.82, 2.24) is 0 Å². The van der Waals surface area contributed by atoms with Gasteiger partial charge in [-0.05, 0) is 28.4 Å². The molecule has 0 unspecified atom stereocenters. The lowest BCUT2D eigenvalue weighted by atomic mass is 9.46. The Hall–Kier alpha value is -2.28. The highest BCUT2D eigenvalue weighted by atomic mass is 16.3. The van der Waals surface area contributed by atoms with Crippen LogP contribution in [0.2, 0.25) is 0 Å². The van der Waals surface area contributed by atoms with Gasteiger partial charge in [-0.1, -0.05) is 56.4 Å². The molecule has 0 fully saturated rings. The van der Waals surface area contributed by atoms with Crippen LogP contribution in [0.15, 0.2) is 76.2 Å². The second-order valence-corrected chi connectivity index (χ2v) is 6.61. The van der Waals surface area contributed by atoms with Crippen molar-refractivity contribution in [3.05, 3.63) is 82.9 Å². The zero-order chi connectivity index (χ0) is 14.2. The molecule has 4 aliphatic rings. The highest BCUT2D eigenvalue weighted by molar-refractivity contribution is 5.91. The van der Waals surface area contributed by atoms with Gasteiger partial charge in [0.1, 0.15) is 0 Å². The minimum atomic E-state index is -0.0285. The molecular formula is C20H16O. The Labute approximate surface area is 124 Å². The summed E-state index contributed by atoms with van der Waals surface area (Å²) >= 11 is 0. The van der Waals surface area contributed by atoms with E-state index in [1.165, 1.54) is 33.4 Å². The Morgan fingerprint density at radius 2 is 1.62 bits per heavy atom. The molecule has 1 aromatic heterocycles. The van der Waals surface area contributed by atoms with Crippen molar-refractivity contribution < 1.29 is 4.42 Å². The average Bonchev–Trinajstić information content (AvgIpc) is 2.92. The normalized spacial score (nSPS) is 34.4. The summed E-state index contributed by atoms with van der Waals surface area (Å²) in [5.41, 5.74) is 7.95. The molecule has 5 rings (SSSR count). The van der Waals surface area contributed by atoms with Crippen LogP contribution in [-0.4, -0.2) is 0 Å². The third kappa shape index (κ3) is 1.05. The SMILES string of the molecule is C[C@@]12C3=CC=CC1=CC=C1c4cocc4C=C(C=C3)[C@]12C. The van der Waals surface area contributed by atoms with Gasteiger partial charge in [-0.15, -0.1) is 0 Å². The molecule has 2 atom stereocenters. The van der Waals surface area contributed by atoms with Gasteiger partial charge < -0.3 is 4.42 Å². The largest absolute Gasteiger partial charge is 0.471 e. The van der Waals surface area contributed by atoms with E-state index in [9.17, 15) is 0 Å². The van der Waals surface area contributed by atoms with E-state index in [2.05, 4.69) is 62.5 Å². The second-order valence-electron chi connectivity index (χ2n) is 6.61. The standard InChI is InChI=1S/C20H16O/c1-19-14-4-3-5-15(19)8-9-18-17-12-21-11-13(17)10-16(7-6-14)20(18,19)2/h3-12H,1-2H3/t19-,20-/m1/s1. The van der Waals surface area contributed by atoms with Crippen molar-refractivity contribution >= 4 is 11.6 Å². The lowest BCUT2D eigenvalue weighted by Gasteiger charge is -2.56. The molecule has 1 heteroatoms. The van der Waals surface area contributed by atoms with Gasteiger partial charge in [0.25, 0.3) is 0 Å². The molecule has 21 heavy (non-hydrogen) atoms. The Balaban J connectivity index is 1.96. The quantitative estimate of drug-likeness (QED) is 0.642. The molecule has 4 aliphatic carbocycles. The van der Waals surface area contributed by atoms with E-state index in [1.807, 2.05) is 12.5 Å². The van der Waals surface area contributed by atoms with Crippen LogP contribution in [0, 0.1) is 10.8 Å². The van der Waals surface area contributed by atoms with E-state index in [4.69, 9.17) is 4.42 Å². The molecule has 0 aromatic carbocycles. The Morgan fingerprint density at radius 3 is 2.52 bits per heavy atom. The zero-order valence-electron chi connectivity index (χ0n) is 12.2. The lowest BCUT2D eigenvalue weighted by Crippen LogP contribution is -2.46. The van der Waals surface area contributed by atoms with Crippen LogP contribution in [0.25, 0.3) is 11.6 Å². The first kappa shape index (κ1) is 11.4. The van der Waals surface area contributed by atoms with E-state index in [0.717, 1.165) is 0 Å². The topological polar surface area (TPSA) is 13.1 Å². The molecule has 0 amide bonds. The number of fused-ring (bicyclic) bond motifs is 2. The molecule has 0 spiro atoms.